The monoisotopic (exact) mass is 520 g/mol. The zero-order valence-electron chi connectivity index (χ0n) is 20.6. The summed E-state index contributed by atoms with van der Waals surface area (Å²) >= 11 is 1.37. The first-order chi connectivity index (χ1) is 18.0. The van der Waals surface area contributed by atoms with Gasteiger partial charge in [0.15, 0.2) is 5.60 Å². The smallest absolute Gasteiger partial charge is 0.354 e. The molecule has 0 amide bonds. The molecule has 2 unspecified atom stereocenters. The zero-order chi connectivity index (χ0) is 25.4. The van der Waals surface area contributed by atoms with E-state index < -0.39 is 11.2 Å². The van der Waals surface area contributed by atoms with Gasteiger partial charge in [-0.1, -0.05) is 30.3 Å². The summed E-state index contributed by atoms with van der Waals surface area (Å²) in [6, 6.07) is 11.7. The second-order valence-corrected chi connectivity index (χ2v) is 10.8. The number of carbonyl (C=O) groups is 1. The number of ether oxygens (including phenoxy) is 3. The summed E-state index contributed by atoms with van der Waals surface area (Å²) in [5, 5.41) is 5.29. The van der Waals surface area contributed by atoms with Gasteiger partial charge in [0.2, 0.25) is 0 Å². The SMILES string of the molecule is CC(=O)CC1(OCc2ccccc2)COCc2c1oc(=O)c1sc(-c3cnn(C4CCCCO4)c3)cc21. The normalized spacial score (nSPS) is 21.7. The Morgan fingerprint density at radius 3 is 2.92 bits per heavy atom. The molecule has 0 N–H and O–H groups in total. The van der Waals surface area contributed by atoms with Crippen LogP contribution in [-0.4, -0.2) is 28.8 Å². The maximum Gasteiger partial charge on any atom is 0.354 e. The Morgan fingerprint density at radius 2 is 2.14 bits per heavy atom. The molecule has 9 heteroatoms. The Kier molecular flexibility index (Phi) is 6.54. The highest BCUT2D eigenvalue weighted by Gasteiger charge is 2.44. The van der Waals surface area contributed by atoms with Crippen molar-refractivity contribution in [1.82, 2.24) is 9.78 Å². The highest BCUT2D eigenvalue weighted by Crippen LogP contribution is 2.42. The number of benzene rings is 1. The fraction of sp³-hybridized carbons (Fsp3) is 0.393. The van der Waals surface area contributed by atoms with Crippen LogP contribution in [0.2, 0.25) is 0 Å². The van der Waals surface area contributed by atoms with E-state index in [2.05, 4.69) is 5.10 Å². The molecule has 8 nitrogen and oxygen atoms in total. The molecule has 37 heavy (non-hydrogen) atoms. The molecule has 0 aliphatic carbocycles. The zero-order valence-corrected chi connectivity index (χ0v) is 21.4. The Morgan fingerprint density at radius 1 is 1.27 bits per heavy atom. The number of fused-ring (bicyclic) bond motifs is 3. The number of carbonyl (C=O) groups excluding carboxylic acids is 1. The Balaban J connectivity index is 1.39. The van der Waals surface area contributed by atoms with Crippen LogP contribution in [0.5, 0.6) is 0 Å². The molecule has 0 radical (unpaired) electrons. The lowest BCUT2D eigenvalue weighted by Crippen LogP contribution is -2.41. The fourth-order valence-corrected chi connectivity index (χ4v) is 6.21. The van der Waals surface area contributed by atoms with Crippen molar-refractivity contribution in [3.8, 4) is 10.4 Å². The lowest BCUT2D eigenvalue weighted by Gasteiger charge is -2.36. The maximum absolute atomic E-state index is 13.2. The third kappa shape index (κ3) is 4.68. The number of hydrogen-bond acceptors (Lipinski definition) is 8. The summed E-state index contributed by atoms with van der Waals surface area (Å²) in [4.78, 5) is 26.5. The predicted molar refractivity (Wildman–Crippen MR) is 138 cm³/mol. The number of Topliss-reactive ketones (excluding diaryl/α,β-unsaturated/α-hetero) is 1. The van der Waals surface area contributed by atoms with Crippen molar-refractivity contribution < 1.29 is 23.4 Å². The van der Waals surface area contributed by atoms with Crippen molar-refractivity contribution in [2.24, 2.45) is 0 Å². The lowest BCUT2D eigenvalue weighted by atomic mass is 9.88. The first-order valence-corrected chi connectivity index (χ1v) is 13.4. The van der Waals surface area contributed by atoms with Crippen molar-refractivity contribution in [2.45, 2.75) is 57.6 Å². The van der Waals surface area contributed by atoms with Gasteiger partial charge in [-0.05, 0) is 37.8 Å². The first kappa shape index (κ1) is 24.2. The quantitative estimate of drug-likeness (QED) is 0.325. The second kappa shape index (κ2) is 9.98. The van der Waals surface area contributed by atoms with E-state index in [0.29, 0.717) is 10.5 Å². The number of aromatic nitrogens is 2. The van der Waals surface area contributed by atoms with Gasteiger partial charge >= 0.3 is 5.63 Å². The minimum atomic E-state index is -1.17. The predicted octanol–water partition coefficient (Wildman–Crippen LogP) is 5.34. The lowest BCUT2D eigenvalue weighted by molar-refractivity contribution is -0.155. The molecule has 5 heterocycles. The molecule has 2 aliphatic heterocycles. The minimum Gasteiger partial charge on any atom is -0.423 e. The Bertz CT molecular complexity index is 1480. The summed E-state index contributed by atoms with van der Waals surface area (Å²) in [5.41, 5.74) is 1.01. The minimum absolute atomic E-state index is 0.0480. The molecule has 0 bridgehead atoms. The van der Waals surface area contributed by atoms with Gasteiger partial charge in [-0.2, -0.15) is 5.10 Å². The van der Waals surface area contributed by atoms with Gasteiger partial charge in [-0.25, -0.2) is 9.48 Å². The van der Waals surface area contributed by atoms with Crippen LogP contribution in [0.25, 0.3) is 20.5 Å². The van der Waals surface area contributed by atoms with Gasteiger partial charge in [-0.3, -0.25) is 4.79 Å². The molecule has 2 atom stereocenters. The van der Waals surface area contributed by atoms with Crippen LogP contribution in [-0.2, 0) is 37.8 Å². The summed E-state index contributed by atoms with van der Waals surface area (Å²) in [7, 11) is 0. The van der Waals surface area contributed by atoms with E-state index in [1.165, 1.54) is 18.3 Å². The third-order valence-corrected chi connectivity index (χ3v) is 8.10. The number of rotatable bonds is 7. The summed E-state index contributed by atoms with van der Waals surface area (Å²) < 4.78 is 26.5. The van der Waals surface area contributed by atoms with Crippen LogP contribution in [0.3, 0.4) is 0 Å². The summed E-state index contributed by atoms with van der Waals surface area (Å²) in [6.07, 6.45) is 6.88. The molecule has 0 saturated carbocycles. The fourth-order valence-electron chi connectivity index (χ4n) is 5.17. The van der Waals surface area contributed by atoms with Gasteiger partial charge in [0, 0.05) is 40.6 Å². The standard InChI is InChI=1S/C28H28N2O6S/c1-18(31)12-28(35-15-19-7-3-2-4-8-19)17-33-16-22-21-11-23(37-25(21)27(32)36-26(22)28)20-13-29-30(14-20)24-9-5-6-10-34-24/h2-4,7-8,11,13-14,24H,5-6,9-10,12,15-17H2,1H3. The topological polar surface area (TPSA) is 92.8 Å². The van der Waals surface area contributed by atoms with Gasteiger partial charge < -0.3 is 18.6 Å². The van der Waals surface area contributed by atoms with Crippen LogP contribution in [0.4, 0.5) is 0 Å². The number of thiophene rings is 1. The van der Waals surface area contributed by atoms with Crippen molar-refractivity contribution >= 4 is 27.2 Å². The molecule has 0 spiro atoms. The first-order valence-electron chi connectivity index (χ1n) is 12.5. The van der Waals surface area contributed by atoms with Crippen molar-refractivity contribution in [2.75, 3.05) is 13.2 Å². The summed E-state index contributed by atoms with van der Waals surface area (Å²) in [5.74, 6) is 0.314. The van der Waals surface area contributed by atoms with Crippen molar-refractivity contribution in [3.63, 3.8) is 0 Å². The molecule has 2 aliphatic rings. The average molecular weight is 521 g/mol. The van der Waals surface area contributed by atoms with Gasteiger partial charge in [0.05, 0.1) is 26.0 Å². The van der Waals surface area contributed by atoms with Gasteiger partial charge in [0.1, 0.15) is 22.5 Å². The third-order valence-electron chi connectivity index (χ3n) is 6.94. The van der Waals surface area contributed by atoms with E-state index in [4.69, 9.17) is 18.6 Å². The van der Waals surface area contributed by atoms with Crippen LogP contribution in [0, 0.1) is 0 Å². The highest BCUT2D eigenvalue weighted by molar-refractivity contribution is 7.22. The maximum atomic E-state index is 13.2. The molecule has 192 valence electrons. The van der Waals surface area contributed by atoms with Gasteiger partial charge in [0.25, 0.3) is 0 Å². The van der Waals surface area contributed by atoms with E-state index in [0.717, 1.165) is 52.8 Å². The van der Waals surface area contributed by atoms with E-state index in [9.17, 15) is 9.59 Å². The van der Waals surface area contributed by atoms with Crippen LogP contribution < -0.4 is 5.63 Å². The Hall–Kier alpha value is -3.11. The van der Waals surface area contributed by atoms with E-state index >= 15 is 0 Å². The Labute approximate surface area is 217 Å². The van der Waals surface area contributed by atoms with E-state index in [1.54, 1.807) is 6.20 Å². The van der Waals surface area contributed by atoms with Crippen LogP contribution in [0.15, 0.2) is 58.0 Å². The molecular formula is C28H28N2O6S. The molecule has 1 saturated heterocycles. The van der Waals surface area contributed by atoms with E-state index in [-0.39, 0.29) is 38.3 Å². The van der Waals surface area contributed by atoms with E-state index in [1.807, 2.05) is 47.3 Å². The molecule has 1 fully saturated rings. The van der Waals surface area contributed by atoms with Crippen molar-refractivity contribution in [1.29, 1.82) is 0 Å². The number of ketones is 1. The molecule has 3 aromatic heterocycles. The molecular weight excluding hydrogens is 492 g/mol. The average Bonchev–Trinajstić information content (AvgIpc) is 3.58. The molecule has 6 rings (SSSR count). The van der Waals surface area contributed by atoms with Crippen LogP contribution in [0.1, 0.15) is 55.7 Å². The van der Waals surface area contributed by atoms with Crippen LogP contribution >= 0.6 is 11.3 Å². The van der Waals surface area contributed by atoms with Crippen molar-refractivity contribution in [3.05, 3.63) is 76.1 Å². The highest BCUT2D eigenvalue weighted by atomic mass is 32.1. The second-order valence-electron chi connectivity index (χ2n) is 9.72. The summed E-state index contributed by atoms with van der Waals surface area (Å²) in [6.45, 7) is 2.91. The molecule has 4 aromatic rings. The molecule has 1 aromatic carbocycles. The van der Waals surface area contributed by atoms with Gasteiger partial charge in [-0.15, -0.1) is 11.3 Å². The number of nitrogens with zero attached hydrogens (tertiary/aromatic N) is 2. The largest absolute Gasteiger partial charge is 0.423 e. The number of hydrogen-bond donors (Lipinski definition) is 0.